The van der Waals surface area contributed by atoms with E-state index in [9.17, 15) is 31.2 Å². The summed E-state index contributed by atoms with van der Waals surface area (Å²) < 4.78 is 69.2. The number of rotatable bonds is 6. The molecule has 0 aromatic heterocycles. The molecule has 2 aliphatic heterocycles. The lowest BCUT2D eigenvalue weighted by molar-refractivity contribution is -0.274. The van der Waals surface area contributed by atoms with Crippen LogP contribution in [0, 0.1) is 13.8 Å². The van der Waals surface area contributed by atoms with Crippen molar-refractivity contribution in [2.24, 2.45) is 4.99 Å². The number of ether oxygens (including phenoxy) is 1. The Bertz CT molecular complexity index is 1490. The molecule has 4 rings (SSSR count). The highest BCUT2D eigenvalue weighted by molar-refractivity contribution is 7.92. The molecule has 214 valence electrons. The summed E-state index contributed by atoms with van der Waals surface area (Å²) in [6, 6.07) is 8.55. The summed E-state index contributed by atoms with van der Waals surface area (Å²) in [5.74, 6) is -0.924. The summed E-state index contributed by atoms with van der Waals surface area (Å²) in [5, 5.41) is 3.73. The molecule has 1 spiro atoms. The second-order valence-corrected chi connectivity index (χ2v) is 11.8. The van der Waals surface area contributed by atoms with Crippen LogP contribution in [0.15, 0.2) is 46.8 Å². The third kappa shape index (κ3) is 6.20. The Kier molecular flexibility index (Phi) is 7.83. The van der Waals surface area contributed by atoms with Crippen LogP contribution in [0.5, 0.6) is 5.75 Å². The molecule has 0 radical (unpaired) electrons. The summed E-state index contributed by atoms with van der Waals surface area (Å²) >= 11 is 0. The minimum absolute atomic E-state index is 0.0301. The van der Waals surface area contributed by atoms with Crippen LogP contribution >= 0.6 is 0 Å². The van der Waals surface area contributed by atoms with E-state index < -0.39 is 33.6 Å². The first-order valence-corrected chi connectivity index (χ1v) is 13.9. The number of aliphatic imine (C=N–C) groups is 1. The number of piperidine rings is 1. The zero-order valence-corrected chi connectivity index (χ0v) is 23.2. The average Bonchev–Trinajstić information content (AvgIpc) is 3.17. The first-order chi connectivity index (χ1) is 18.6. The van der Waals surface area contributed by atoms with Gasteiger partial charge in [0.25, 0.3) is 11.8 Å². The Hall–Kier alpha value is -3.71. The summed E-state index contributed by atoms with van der Waals surface area (Å²) in [4.78, 5) is 31.1. The van der Waals surface area contributed by atoms with Crippen LogP contribution in [0.4, 0.5) is 13.2 Å². The molecule has 2 aliphatic rings. The number of sulfonamides is 1. The lowest BCUT2D eigenvalue weighted by atomic mass is 9.89. The molecule has 2 amide bonds. The molecule has 9 nitrogen and oxygen atoms in total. The molecule has 1 fully saturated rings. The Balaban J connectivity index is 1.48. The highest BCUT2D eigenvalue weighted by Crippen LogP contribution is 2.33. The molecule has 2 aromatic rings. The molecule has 2 heterocycles. The molecule has 0 unspecified atom stereocenters. The molecule has 0 saturated carbocycles. The SMILES string of the molecule is Cc1cc(C(=O)N(C)C)cc(C)c1C=CS(=O)(=O)N1CCC2(CC1)N=C(c1cccc(OC(F)(F)F)c1)NC2=O. The summed E-state index contributed by atoms with van der Waals surface area (Å²) in [6.07, 6.45) is -3.15. The number of aryl methyl sites for hydroxylation is 2. The second kappa shape index (κ2) is 10.7. The molecule has 1 N–H and O–H groups in total. The van der Waals surface area contributed by atoms with Gasteiger partial charge in [-0.3, -0.25) is 14.6 Å². The van der Waals surface area contributed by atoms with Gasteiger partial charge in [0.2, 0.25) is 10.0 Å². The maximum absolute atomic E-state index is 13.1. The van der Waals surface area contributed by atoms with Gasteiger partial charge in [-0.25, -0.2) is 8.42 Å². The van der Waals surface area contributed by atoms with Gasteiger partial charge in [-0.15, -0.1) is 13.2 Å². The summed E-state index contributed by atoms with van der Waals surface area (Å²) in [6.45, 7) is 3.66. The Labute approximate surface area is 230 Å². The van der Waals surface area contributed by atoms with Crippen LogP contribution in [0.2, 0.25) is 0 Å². The lowest BCUT2D eigenvalue weighted by Crippen LogP contribution is -2.50. The predicted octanol–water partition coefficient (Wildman–Crippen LogP) is 3.62. The number of carbonyl (C=O) groups excluding carboxylic acids is 2. The van der Waals surface area contributed by atoms with E-state index in [1.807, 2.05) is 0 Å². The average molecular weight is 579 g/mol. The van der Waals surface area contributed by atoms with Crippen molar-refractivity contribution >= 4 is 33.7 Å². The molecular formula is C27H29F3N4O5S. The minimum atomic E-state index is -4.86. The third-order valence-corrected chi connectivity index (χ3v) is 8.45. The molecular weight excluding hydrogens is 549 g/mol. The quantitative estimate of drug-likeness (QED) is 0.564. The van der Waals surface area contributed by atoms with Gasteiger partial charge in [0.1, 0.15) is 17.1 Å². The zero-order valence-electron chi connectivity index (χ0n) is 22.4. The molecule has 2 aromatic carbocycles. The molecule has 13 heteroatoms. The topological polar surface area (TPSA) is 108 Å². The van der Waals surface area contributed by atoms with Gasteiger partial charge in [0, 0.05) is 43.7 Å². The van der Waals surface area contributed by atoms with E-state index in [2.05, 4.69) is 15.0 Å². The largest absolute Gasteiger partial charge is 0.573 e. The minimum Gasteiger partial charge on any atom is -0.406 e. The monoisotopic (exact) mass is 578 g/mol. The summed E-state index contributed by atoms with van der Waals surface area (Å²) in [7, 11) is -0.522. The smallest absolute Gasteiger partial charge is 0.406 e. The van der Waals surface area contributed by atoms with E-state index in [0.717, 1.165) is 28.7 Å². The third-order valence-electron chi connectivity index (χ3n) is 6.88. The van der Waals surface area contributed by atoms with Crippen LogP contribution in [0.3, 0.4) is 0 Å². The molecule has 1 saturated heterocycles. The van der Waals surface area contributed by atoms with Gasteiger partial charge in [-0.1, -0.05) is 12.1 Å². The van der Waals surface area contributed by atoms with Crippen LogP contribution < -0.4 is 10.1 Å². The van der Waals surface area contributed by atoms with Crippen molar-refractivity contribution in [3.8, 4) is 5.75 Å². The van der Waals surface area contributed by atoms with Gasteiger partial charge in [0.05, 0.1) is 0 Å². The standard InChI is InChI=1S/C27H29F3N4O5S/c1-17-14-20(24(35)33(3)4)15-18(2)22(17)8-13-40(37,38)34-11-9-26(10-12-34)25(36)31-23(32-26)19-6-5-7-21(16-19)39-27(28,29)30/h5-8,13-16H,9-12H2,1-4H3,(H,31,32,36). The first kappa shape index (κ1) is 29.3. The van der Waals surface area contributed by atoms with E-state index >= 15 is 0 Å². The Morgan fingerprint density at radius 1 is 1.12 bits per heavy atom. The van der Waals surface area contributed by atoms with E-state index in [-0.39, 0.29) is 43.2 Å². The van der Waals surface area contributed by atoms with Crippen LogP contribution in [0.25, 0.3) is 6.08 Å². The number of nitrogens with zero attached hydrogens (tertiary/aromatic N) is 3. The second-order valence-electron chi connectivity index (χ2n) is 9.99. The molecule has 0 atom stereocenters. The number of benzene rings is 2. The van der Waals surface area contributed by atoms with Gasteiger partial charge in [-0.2, -0.15) is 4.31 Å². The van der Waals surface area contributed by atoms with Crippen molar-refractivity contribution in [3.63, 3.8) is 0 Å². The van der Waals surface area contributed by atoms with E-state index in [1.165, 1.54) is 27.4 Å². The predicted molar refractivity (Wildman–Crippen MR) is 143 cm³/mol. The van der Waals surface area contributed by atoms with E-state index in [0.29, 0.717) is 11.1 Å². The van der Waals surface area contributed by atoms with Crippen molar-refractivity contribution in [3.05, 3.63) is 69.6 Å². The number of carbonyl (C=O) groups is 2. The fraction of sp³-hybridized carbons (Fsp3) is 0.370. The zero-order chi connectivity index (χ0) is 29.5. The maximum atomic E-state index is 13.1. The fourth-order valence-corrected chi connectivity index (χ4v) is 5.97. The Morgan fingerprint density at radius 2 is 1.75 bits per heavy atom. The lowest BCUT2D eigenvalue weighted by Gasteiger charge is -2.34. The maximum Gasteiger partial charge on any atom is 0.573 e. The number of hydrogen-bond donors (Lipinski definition) is 1. The van der Waals surface area contributed by atoms with Crippen LogP contribution in [-0.4, -0.2) is 74.4 Å². The van der Waals surface area contributed by atoms with E-state index in [4.69, 9.17) is 0 Å². The number of amides is 2. The van der Waals surface area contributed by atoms with Crippen LogP contribution in [-0.2, 0) is 14.8 Å². The summed E-state index contributed by atoms with van der Waals surface area (Å²) in [5.41, 5.74) is 1.73. The van der Waals surface area contributed by atoms with Crippen molar-refractivity contribution in [2.45, 2.75) is 38.6 Å². The molecule has 0 bridgehead atoms. The van der Waals surface area contributed by atoms with Gasteiger partial charge < -0.3 is 15.0 Å². The fourth-order valence-electron chi connectivity index (χ4n) is 4.80. The molecule has 0 aliphatic carbocycles. The molecule has 40 heavy (non-hydrogen) atoms. The van der Waals surface area contributed by atoms with Crippen molar-refractivity contribution in [1.82, 2.24) is 14.5 Å². The number of amidine groups is 1. The Morgan fingerprint density at radius 3 is 2.33 bits per heavy atom. The van der Waals surface area contributed by atoms with Gasteiger partial charge in [-0.05, 0) is 73.7 Å². The number of nitrogens with one attached hydrogen (secondary N) is 1. The van der Waals surface area contributed by atoms with Crippen molar-refractivity contribution < 1.29 is 35.9 Å². The van der Waals surface area contributed by atoms with Crippen LogP contribution in [0.1, 0.15) is 45.5 Å². The van der Waals surface area contributed by atoms with Crippen molar-refractivity contribution in [1.29, 1.82) is 0 Å². The van der Waals surface area contributed by atoms with E-state index in [1.54, 1.807) is 40.1 Å². The normalized spacial score (nSPS) is 17.7. The highest BCUT2D eigenvalue weighted by Gasteiger charge is 2.47. The van der Waals surface area contributed by atoms with Gasteiger partial charge in [0.15, 0.2) is 0 Å². The highest BCUT2D eigenvalue weighted by atomic mass is 32.2. The van der Waals surface area contributed by atoms with Crippen molar-refractivity contribution in [2.75, 3.05) is 27.2 Å². The first-order valence-electron chi connectivity index (χ1n) is 12.4. The number of halogens is 3. The van der Waals surface area contributed by atoms with Gasteiger partial charge >= 0.3 is 6.36 Å². The number of alkyl halides is 3. The number of hydrogen-bond acceptors (Lipinski definition) is 6.